The third-order valence-corrected chi connectivity index (χ3v) is 3.07. The molecular formula is C17H20O5. The van der Waals surface area contributed by atoms with Gasteiger partial charge in [0.15, 0.2) is 0 Å². The van der Waals surface area contributed by atoms with Crippen LogP contribution in [0.3, 0.4) is 0 Å². The normalized spacial score (nSPS) is 12.4. The molecule has 0 amide bonds. The van der Waals surface area contributed by atoms with Gasteiger partial charge in [0.05, 0.1) is 13.7 Å². The second-order valence-corrected chi connectivity index (χ2v) is 4.69. The van der Waals surface area contributed by atoms with Crippen LogP contribution in [-0.4, -0.2) is 31.4 Å². The van der Waals surface area contributed by atoms with Gasteiger partial charge in [-0.15, -0.1) is 0 Å². The quantitative estimate of drug-likeness (QED) is 0.439. The molecule has 0 fully saturated rings. The molecule has 0 aromatic heterocycles. The van der Waals surface area contributed by atoms with Crippen LogP contribution in [0.5, 0.6) is 0 Å². The average Bonchev–Trinajstić information content (AvgIpc) is 2.51. The van der Waals surface area contributed by atoms with Gasteiger partial charge < -0.3 is 9.47 Å². The Morgan fingerprint density at radius 1 is 1.18 bits per heavy atom. The van der Waals surface area contributed by atoms with Crippen molar-refractivity contribution in [3.63, 3.8) is 0 Å². The van der Waals surface area contributed by atoms with Gasteiger partial charge in [0.1, 0.15) is 11.7 Å². The van der Waals surface area contributed by atoms with E-state index in [0.717, 1.165) is 5.56 Å². The lowest BCUT2D eigenvalue weighted by atomic mass is 9.94. The first kappa shape index (κ1) is 17.6. The molecular weight excluding hydrogens is 284 g/mol. The summed E-state index contributed by atoms with van der Waals surface area (Å²) in [7, 11) is 1.26. The van der Waals surface area contributed by atoms with Crippen molar-refractivity contribution in [3.8, 4) is 0 Å². The van der Waals surface area contributed by atoms with Crippen molar-refractivity contribution >= 4 is 23.8 Å². The minimum Gasteiger partial charge on any atom is -0.466 e. The Morgan fingerprint density at radius 2 is 1.82 bits per heavy atom. The minimum atomic E-state index is -1.01. The molecule has 0 saturated heterocycles. The van der Waals surface area contributed by atoms with Crippen LogP contribution in [0.4, 0.5) is 0 Å². The fourth-order valence-electron chi connectivity index (χ4n) is 1.94. The van der Waals surface area contributed by atoms with Crippen molar-refractivity contribution in [2.45, 2.75) is 20.3 Å². The van der Waals surface area contributed by atoms with Crippen LogP contribution in [0.25, 0.3) is 6.08 Å². The number of esters is 2. The van der Waals surface area contributed by atoms with Gasteiger partial charge >= 0.3 is 11.9 Å². The first-order valence-electron chi connectivity index (χ1n) is 7.00. The van der Waals surface area contributed by atoms with E-state index in [1.165, 1.54) is 14.0 Å². The lowest BCUT2D eigenvalue weighted by Crippen LogP contribution is -2.26. The number of Topliss-reactive ketones (excluding diaryl/α,β-unsaturated/α-hetero) is 1. The van der Waals surface area contributed by atoms with E-state index in [-0.39, 0.29) is 24.4 Å². The van der Waals surface area contributed by atoms with Crippen molar-refractivity contribution in [1.29, 1.82) is 0 Å². The molecule has 118 valence electrons. The van der Waals surface area contributed by atoms with E-state index in [1.807, 2.05) is 30.3 Å². The fourth-order valence-corrected chi connectivity index (χ4v) is 1.94. The Labute approximate surface area is 129 Å². The molecule has 1 atom stereocenters. The Morgan fingerprint density at radius 3 is 2.32 bits per heavy atom. The Hall–Kier alpha value is -2.43. The summed E-state index contributed by atoms with van der Waals surface area (Å²) in [4.78, 5) is 35.4. The molecule has 0 aliphatic carbocycles. The van der Waals surface area contributed by atoms with Gasteiger partial charge in [0.25, 0.3) is 0 Å². The molecule has 0 aliphatic heterocycles. The summed E-state index contributed by atoms with van der Waals surface area (Å²) in [5, 5.41) is 0. The number of ketones is 1. The SMILES string of the molecule is CCOC(=O)C(C/C(=C\c1ccccc1)C(=O)OC)C(C)=O. The van der Waals surface area contributed by atoms with Crippen molar-refractivity contribution < 1.29 is 23.9 Å². The largest absolute Gasteiger partial charge is 0.466 e. The Kier molecular flexibility index (Phi) is 7.02. The zero-order valence-electron chi connectivity index (χ0n) is 13.0. The van der Waals surface area contributed by atoms with Gasteiger partial charge in [0, 0.05) is 5.57 Å². The first-order chi connectivity index (χ1) is 10.5. The molecule has 1 rings (SSSR count). The molecule has 22 heavy (non-hydrogen) atoms. The molecule has 0 aliphatic rings. The predicted octanol–water partition coefficient (Wildman–Crippen LogP) is 2.40. The maximum absolute atomic E-state index is 11.9. The summed E-state index contributed by atoms with van der Waals surface area (Å²) in [6.07, 6.45) is 1.57. The molecule has 0 N–H and O–H groups in total. The number of benzene rings is 1. The molecule has 0 bridgehead atoms. The number of methoxy groups -OCH3 is 1. The van der Waals surface area contributed by atoms with E-state index < -0.39 is 17.9 Å². The summed E-state index contributed by atoms with van der Waals surface area (Å²) >= 11 is 0. The van der Waals surface area contributed by atoms with Crippen LogP contribution < -0.4 is 0 Å². The zero-order chi connectivity index (χ0) is 16.5. The molecule has 0 heterocycles. The van der Waals surface area contributed by atoms with Crippen LogP contribution in [-0.2, 0) is 23.9 Å². The van der Waals surface area contributed by atoms with Gasteiger partial charge in [0.2, 0.25) is 0 Å². The standard InChI is InChI=1S/C17H20O5/c1-4-22-17(20)15(12(2)18)11-14(16(19)21-3)10-13-8-6-5-7-9-13/h5-10,15H,4,11H2,1-3H3/b14-10+. The summed E-state index contributed by atoms with van der Waals surface area (Å²) < 4.78 is 9.62. The maximum atomic E-state index is 11.9. The van der Waals surface area contributed by atoms with Gasteiger partial charge in [-0.25, -0.2) is 4.79 Å². The number of hydrogen-bond donors (Lipinski definition) is 0. The number of hydrogen-bond acceptors (Lipinski definition) is 5. The monoisotopic (exact) mass is 304 g/mol. The smallest absolute Gasteiger partial charge is 0.333 e. The topological polar surface area (TPSA) is 69.7 Å². The van der Waals surface area contributed by atoms with Gasteiger partial charge in [-0.1, -0.05) is 30.3 Å². The zero-order valence-corrected chi connectivity index (χ0v) is 13.0. The summed E-state index contributed by atoms with van der Waals surface area (Å²) in [6.45, 7) is 3.15. The fraction of sp³-hybridized carbons (Fsp3) is 0.353. The number of rotatable bonds is 7. The van der Waals surface area contributed by atoms with E-state index >= 15 is 0 Å². The molecule has 0 spiro atoms. The average molecular weight is 304 g/mol. The predicted molar refractivity (Wildman–Crippen MR) is 81.9 cm³/mol. The van der Waals surface area contributed by atoms with E-state index in [0.29, 0.717) is 0 Å². The second-order valence-electron chi connectivity index (χ2n) is 4.69. The molecule has 0 saturated carbocycles. The molecule has 1 aromatic rings. The molecule has 1 aromatic carbocycles. The van der Waals surface area contributed by atoms with E-state index in [4.69, 9.17) is 9.47 Å². The highest BCUT2D eigenvalue weighted by Gasteiger charge is 2.28. The van der Waals surface area contributed by atoms with Gasteiger partial charge in [-0.3, -0.25) is 9.59 Å². The number of ether oxygens (including phenoxy) is 2. The van der Waals surface area contributed by atoms with E-state index in [1.54, 1.807) is 13.0 Å². The highest BCUT2D eigenvalue weighted by molar-refractivity contribution is 6.01. The van der Waals surface area contributed by atoms with Crippen LogP contribution in [0.1, 0.15) is 25.8 Å². The molecule has 1 unspecified atom stereocenters. The molecule has 5 nitrogen and oxygen atoms in total. The van der Waals surface area contributed by atoms with E-state index in [9.17, 15) is 14.4 Å². The second kappa shape index (κ2) is 8.77. The van der Waals surface area contributed by atoms with Gasteiger partial charge in [-0.2, -0.15) is 0 Å². The highest BCUT2D eigenvalue weighted by atomic mass is 16.5. The van der Waals surface area contributed by atoms with Crippen LogP contribution in [0.2, 0.25) is 0 Å². The van der Waals surface area contributed by atoms with E-state index in [2.05, 4.69) is 0 Å². The minimum absolute atomic E-state index is 0.0459. The Bertz CT molecular complexity index is 560. The summed E-state index contributed by atoms with van der Waals surface area (Å²) in [6, 6.07) is 9.14. The first-order valence-corrected chi connectivity index (χ1v) is 7.00. The lowest BCUT2D eigenvalue weighted by molar-refractivity contribution is -0.151. The maximum Gasteiger partial charge on any atom is 0.333 e. The summed E-state index contributed by atoms with van der Waals surface area (Å²) in [5.74, 6) is -2.55. The third kappa shape index (κ3) is 5.16. The highest BCUT2D eigenvalue weighted by Crippen LogP contribution is 2.19. The lowest BCUT2D eigenvalue weighted by Gasteiger charge is -2.14. The van der Waals surface area contributed by atoms with Crippen molar-refractivity contribution in [2.24, 2.45) is 5.92 Å². The third-order valence-electron chi connectivity index (χ3n) is 3.07. The van der Waals surface area contributed by atoms with Crippen molar-refractivity contribution in [1.82, 2.24) is 0 Å². The van der Waals surface area contributed by atoms with Crippen LogP contribution in [0, 0.1) is 5.92 Å². The molecule has 0 radical (unpaired) electrons. The summed E-state index contributed by atoms with van der Waals surface area (Å²) in [5.41, 5.74) is 1.04. The van der Waals surface area contributed by atoms with Crippen molar-refractivity contribution in [2.75, 3.05) is 13.7 Å². The number of carbonyl (C=O) groups excluding carboxylic acids is 3. The van der Waals surface area contributed by atoms with Crippen LogP contribution >= 0.6 is 0 Å². The number of carbonyl (C=O) groups is 3. The Balaban J connectivity index is 3.06. The van der Waals surface area contributed by atoms with Crippen LogP contribution in [0.15, 0.2) is 35.9 Å². The van der Waals surface area contributed by atoms with Crippen molar-refractivity contribution in [3.05, 3.63) is 41.5 Å². The van der Waals surface area contributed by atoms with Gasteiger partial charge in [-0.05, 0) is 31.9 Å². The molecule has 5 heteroatoms.